The van der Waals surface area contributed by atoms with E-state index in [0.717, 1.165) is 45.4 Å². The van der Waals surface area contributed by atoms with Gasteiger partial charge < -0.3 is 20.5 Å². The van der Waals surface area contributed by atoms with Crippen LogP contribution in [0.4, 0.5) is 5.69 Å². The van der Waals surface area contributed by atoms with Crippen LogP contribution in [0, 0.1) is 6.92 Å². The molecule has 0 bridgehead atoms. The Labute approximate surface area is 189 Å². The van der Waals surface area contributed by atoms with Gasteiger partial charge in [0.15, 0.2) is 5.11 Å². The number of aromatic amines is 1. The number of nitrogens with one attached hydrogen (secondary N) is 2. The van der Waals surface area contributed by atoms with Crippen molar-refractivity contribution >= 4 is 39.6 Å². The zero-order valence-electron chi connectivity index (χ0n) is 19.0. The van der Waals surface area contributed by atoms with Gasteiger partial charge in [-0.1, -0.05) is 20.8 Å². The van der Waals surface area contributed by atoms with Crippen LogP contribution < -0.4 is 10.2 Å². The normalized spacial score (nSPS) is 12.2. The number of thiocarbonyl (C=S) groups is 1. The van der Waals surface area contributed by atoms with Crippen molar-refractivity contribution < 1.29 is 10.2 Å². The van der Waals surface area contributed by atoms with E-state index in [0.29, 0.717) is 10.7 Å². The molecule has 0 aliphatic rings. The van der Waals surface area contributed by atoms with Gasteiger partial charge in [0, 0.05) is 41.5 Å². The van der Waals surface area contributed by atoms with E-state index in [4.69, 9.17) is 12.2 Å². The molecule has 31 heavy (non-hydrogen) atoms. The van der Waals surface area contributed by atoms with Crippen LogP contribution in [0.2, 0.25) is 0 Å². The Balaban J connectivity index is 2.31. The first-order chi connectivity index (χ1) is 14.7. The predicted octanol–water partition coefficient (Wildman–Crippen LogP) is 6.16. The SMILES string of the molecule is CCC(C)=C(c1cc(C(C)C)c(O)cc1O)N(C(=S)NC)c1ccc2[nH]cc(C)c2c1. The lowest BCUT2D eigenvalue weighted by molar-refractivity contribution is 0.443. The monoisotopic (exact) mass is 437 g/mol. The van der Waals surface area contributed by atoms with Gasteiger partial charge >= 0.3 is 0 Å². The summed E-state index contributed by atoms with van der Waals surface area (Å²) in [6.07, 6.45) is 2.77. The lowest BCUT2D eigenvalue weighted by Gasteiger charge is -2.31. The van der Waals surface area contributed by atoms with Crippen molar-refractivity contribution in [3.63, 3.8) is 0 Å². The maximum atomic E-state index is 10.9. The summed E-state index contributed by atoms with van der Waals surface area (Å²) >= 11 is 5.73. The first-order valence-electron chi connectivity index (χ1n) is 10.5. The number of hydrogen-bond donors (Lipinski definition) is 4. The van der Waals surface area contributed by atoms with Gasteiger partial charge in [-0.3, -0.25) is 4.90 Å². The summed E-state index contributed by atoms with van der Waals surface area (Å²) in [5, 5.41) is 26.0. The third-order valence-electron chi connectivity index (χ3n) is 5.73. The number of nitrogens with zero attached hydrogens (tertiary/aromatic N) is 1. The molecular formula is C25H31N3O2S. The predicted molar refractivity (Wildman–Crippen MR) is 134 cm³/mol. The molecule has 1 aromatic heterocycles. The van der Waals surface area contributed by atoms with E-state index < -0.39 is 0 Å². The van der Waals surface area contributed by atoms with Crippen LogP contribution in [0.5, 0.6) is 11.5 Å². The highest BCUT2D eigenvalue weighted by atomic mass is 32.1. The number of rotatable bonds is 5. The van der Waals surface area contributed by atoms with Crippen molar-refractivity contribution in [3.8, 4) is 11.5 Å². The molecule has 0 aliphatic carbocycles. The fourth-order valence-corrected chi connectivity index (χ4v) is 4.00. The number of benzene rings is 2. The largest absolute Gasteiger partial charge is 0.508 e. The second-order valence-corrected chi connectivity index (χ2v) is 8.54. The number of anilines is 1. The molecule has 0 atom stereocenters. The van der Waals surface area contributed by atoms with E-state index in [1.807, 2.05) is 50.1 Å². The lowest BCUT2D eigenvalue weighted by Crippen LogP contribution is -2.37. The van der Waals surface area contributed by atoms with Crippen molar-refractivity contribution in [2.24, 2.45) is 0 Å². The molecule has 0 saturated carbocycles. The summed E-state index contributed by atoms with van der Waals surface area (Å²) in [5.41, 5.74) is 6.41. The van der Waals surface area contributed by atoms with E-state index in [1.54, 1.807) is 7.05 Å². The molecule has 0 unspecified atom stereocenters. The molecule has 0 fully saturated rings. The van der Waals surface area contributed by atoms with Gasteiger partial charge in [0.2, 0.25) is 0 Å². The highest BCUT2D eigenvalue weighted by Crippen LogP contribution is 2.40. The molecule has 5 nitrogen and oxygen atoms in total. The Kier molecular flexibility index (Phi) is 6.60. The third kappa shape index (κ3) is 4.26. The number of aromatic hydroxyl groups is 2. The number of phenols is 2. The van der Waals surface area contributed by atoms with Crippen molar-refractivity contribution in [1.82, 2.24) is 10.3 Å². The molecule has 2 aromatic carbocycles. The molecule has 164 valence electrons. The van der Waals surface area contributed by atoms with E-state index in [9.17, 15) is 10.2 Å². The van der Waals surface area contributed by atoms with Crippen molar-refractivity contribution in [1.29, 1.82) is 0 Å². The molecule has 0 spiro atoms. The number of aryl methyl sites for hydroxylation is 1. The second kappa shape index (κ2) is 9.02. The van der Waals surface area contributed by atoms with E-state index >= 15 is 0 Å². The van der Waals surface area contributed by atoms with Gasteiger partial charge in [-0.2, -0.15) is 0 Å². The molecular weight excluding hydrogens is 406 g/mol. The van der Waals surface area contributed by atoms with E-state index in [1.165, 1.54) is 6.07 Å². The Hall–Kier alpha value is -2.99. The highest BCUT2D eigenvalue weighted by Gasteiger charge is 2.24. The van der Waals surface area contributed by atoms with Crippen LogP contribution in [-0.4, -0.2) is 27.4 Å². The summed E-state index contributed by atoms with van der Waals surface area (Å²) in [6, 6.07) is 9.46. The Morgan fingerprint density at radius 1 is 1.16 bits per heavy atom. The number of H-pyrrole nitrogens is 1. The van der Waals surface area contributed by atoms with Crippen LogP contribution in [0.1, 0.15) is 56.7 Å². The Morgan fingerprint density at radius 2 is 1.87 bits per heavy atom. The number of phenolic OH excluding ortho intramolecular Hbond substituents is 2. The number of allylic oxidation sites excluding steroid dienone is 1. The zero-order chi connectivity index (χ0) is 22.9. The summed E-state index contributed by atoms with van der Waals surface area (Å²) in [7, 11) is 1.80. The molecule has 0 radical (unpaired) electrons. The van der Waals surface area contributed by atoms with E-state index in [-0.39, 0.29) is 17.4 Å². The Morgan fingerprint density at radius 3 is 2.48 bits per heavy atom. The van der Waals surface area contributed by atoms with Gasteiger partial charge in [0.05, 0.1) is 5.70 Å². The second-order valence-electron chi connectivity index (χ2n) is 8.16. The number of hydrogen-bond acceptors (Lipinski definition) is 3. The quantitative estimate of drug-likeness (QED) is 0.360. The molecule has 6 heteroatoms. The lowest BCUT2D eigenvalue weighted by atomic mass is 9.95. The molecule has 3 rings (SSSR count). The van der Waals surface area contributed by atoms with Gasteiger partial charge in [-0.25, -0.2) is 0 Å². The highest BCUT2D eigenvalue weighted by molar-refractivity contribution is 7.80. The van der Waals surface area contributed by atoms with Gasteiger partial charge in [-0.15, -0.1) is 0 Å². The molecule has 1 heterocycles. The number of aromatic nitrogens is 1. The molecule has 4 N–H and O–H groups in total. The first kappa shape index (κ1) is 22.7. The van der Waals surface area contributed by atoms with Crippen LogP contribution >= 0.6 is 12.2 Å². The standard InChI is InChI=1S/C25H31N3O2S/c1-7-15(4)24(20-11-18(14(2)3)22(29)12-23(20)30)28(25(31)26-6)17-8-9-21-19(10-17)16(5)13-27-21/h8-14,27,29-30H,7H2,1-6H3,(H,26,31). The summed E-state index contributed by atoms with van der Waals surface area (Å²) in [6.45, 7) is 10.2. The molecule has 0 saturated heterocycles. The smallest absolute Gasteiger partial charge is 0.177 e. The molecule has 0 aliphatic heterocycles. The van der Waals surface area contributed by atoms with E-state index in [2.05, 4.69) is 30.2 Å². The fraction of sp³-hybridized carbons (Fsp3) is 0.320. The summed E-state index contributed by atoms with van der Waals surface area (Å²) in [5.74, 6) is 0.218. The van der Waals surface area contributed by atoms with Crippen LogP contribution in [0.3, 0.4) is 0 Å². The third-order valence-corrected chi connectivity index (χ3v) is 6.11. The van der Waals surface area contributed by atoms with Crippen molar-refractivity contribution in [2.45, 2.75) is 47.0 Å². The first-order valence-corrected chi connectivity index (χ1v) is 11.0. The molecule has 3 aromatic rings. The average Bonchev–Trinajstić information content (AvgIpc) is 3.11. The maximum Gasteiger partial charge on any atom is 0.177 e. The molecule has 0 amide bonds. The topological polar surface area (TPSA) is 71.5 Å². The minimum Gasteiger partial charge on any atom is -0.508 e. The van der Waals surface area contributed by atoms with Crippen molar-refractivity contribution in [2.75, 3.05) is 11.9 Å². The average molecular weight is 438 g/mol. The summed E-state index contributed by atoms with van der Waals surface area (Å²) in [4.78, 5) is 5.25. The minimum atomic E-state index is 0.0208. The van der Waals surface area contributed by atoms with Gasteiger partial charge in [0.25, 0.3) is 0 Å². The van der Waals surface area contributed by atoms with Crippen LogP contribution in [0.15, 0.2) is 42.1 Å². The van der Waals surface area contributed by atoms with Crippen molar-refractivity contribution in [3.05, 3.63) is 58.8 Å². The maximum absolute atomic E-state index is 10.9. The van der Waals surface area contributed by atoms with Crippen LogP contribution in [-0.2, 0) is 0 Å². The summed E-state index contributed by atoms with van der Waals surface area (Å²) < 4.78 is 0. The van der Waals surface area contributed by atoms with Gasteiger partial charge in [-0.05, 0) is 79.4 Å². The zero-order valence-corrected chi connectivity index (χ0v) is 19.8. The minimum absolute atomic E-state index is 0.0208. The fourth-order valence-electron chi connectivity index (χ4n) is 3.80. The Bertz CT molecular complexity index is 1160. The number of fused-ring (bicyclic) bond motifs is 1. The van der Waals surface area contributed by atoms with Crippen LogP contribution in [0.25, 0.3) is 16.6 Å². The van der Waals surface area contributed by atoms with Gasteiger partial charge in [0.1, 0.15) is 11.5 Å².